The van der Waals surface area contributed by atoms with Gasteiger partial charge in [-0.25, -0.2) is 19.9 Å². The highest BCUT2D eigenvalue weighted by atomic mass is 15.1. The topological polar surface area (TPSA) is 61.4 Å². The number of hydrogen-bond acceptors (Lipinski definition) is 4. The molecule has 6 heteroatoms. The number of aromatic nitrogens is 6. The number of aryl methyl sites for hydroxylation is 1. The molecule has 0 unspecified atom stereocenters. The first-order valence-corrected chi connectivity index (χ1v) is 18.6. The molecule has 0 N–H and O–H groups in total. The molecule has 0 spiro atoms. The third-order valence-electron chi connectivity index (χ3n) is 10.4. The van der Waals surface area contributed by atoms with E-state index in [-0.39, 0.29) is 0 Å². The Morgan fingerprint density at radius 2 is 1.02 bits per heavy atom. The Hall–Kier alpha value is -6.92. The van der Waals surface area contributed by atoms with E-state index in [2.05, 4.69) is 113 Å². The molecule has 10 aromatic rings. The van der Waals surface area contributed by atoms with Gasteiger partial charge in [0.15, 0.2) is 17.5 Å². The van der Waals surface area contributed by atoms with Crippen LogP contribution in [0.2, 0.25) is 0 Å². The van der Waals surface area contributed by atoms with Gasteiger partial charge in [-0.3, -0.25) is 4.57 Å². The molecule has 6 aromatic carbocycles. The van der Waals surface area contributed by atoms with Crippen LogP contribution in [0.15, 0.2) is 164 Å². The lowest BCUT2D eigenvalue weighted by Gasteiger charge is -2.11. The van der Waals surface area contributed by atoms with E-state index in [1.807, 2.05) is 66.9 Å². The normalized spacial score (nSPS) is 11.6. The molecule has 0 saturated carbocycles. The van der Waals surface area contributed by atoms with Crippen LogP contribution < -0.4 is 0 Å². The largest absolute Gasteiger partial charge is 0.309 e. The number of fused-ring (bicyclic) bond motifs is 6. The highest BCUT2D eigenvalue weighted by molar-refractivity contribution is 6.19. The smallest absolute Gasteiger partial charge is 0.165 e. The van der Waals surface area contributed by atoms with Crippen molar-refractivity contribution in [3.8, 4) is 45.7 Å². The lowest BCUT2D eigenvalue weighted by molar-refractivity contribution is 0.796. The maximum absolute atomic E-state index is 5.10. The Kier molecular flexibility index (Phi) is 7.80. The van der Waals surface area contributed by atoms with E-state index in [0.717, 1.165) is 45.6 Å². The van der Waals surface area contributed by atoms with Crippen LogP contribution in [0.3, 0.4) is 0 Å². The molecule has 0 aliphatic heterocycles. The Labute approximate surface area is 313 Å². The number of benzene rings is 6. The van der Waals surface area contributed by atoms with Gasteiger partial charge in [0.25, 0.3) is 0 Å². The highest BCUT2D eigenvalue weighted by Crippen LogP contribution is 2.40. The van der Waals surface area contributed by atoms with Crippen LogP contribution in [0.1, 0.15) is 25.3 Å². The number of unbranched alkanes of at least 4 members (excludes halogenated alkanes) is 1. The molecule has 0 aliphatic rings. The number of para-hydroxylation sites is 2. The first-order valence-electron chi connectivity index (χ1n) is 18.6. The predicted octanol–water partition coefficient (Wildman–Crippen LogP) is 11.8. The lowest BCUT2D eigenvalue weighted by Crippen LogP contribution is -2.01. The van der Waals surface area contributed by atoms with E-state index in [9.17, 15) is 0 Å². The Morgan fingerprint density at radius 1 is 0.444 bits per heavy atom. The van der Waals surface area contributed by atoms with Gasteiger partial charge >= 0.3 is 0 Å². The van der Waals surface area contributed by atoms with Crippen molar-refractivity contribution in [1.29, 1.82) is 0 Å². The average Bonchev–Trinajstić information content (AvgIpc) is 3.74. The van der Waals surface area contributed by atoms with E-state index < -0.39 is 0 Å². The second kappa shape index (κ2) is 13.2. The zero-order valence-electron chi connectivity index (χ0n) is 29.9. The van der Waals surface area contributed by atoms with Gasteiger partial charge in [-0.15, -0.1) is 0 Å². The molecule has 54 heavy (non-hydrogen) atoms. The van der Waals surface area contributed by atoms with Crippen molar-refractivity contribution in [2.75, 3.05) is 0 Å². The minimum absolute atomic E-state index is 0.580. The number of nitrogens with zero attached hydrogens (tertiary/aromatic N) is 6. The summed E-state index contributed by atoms with van der Waals surface area (Å²) in [6, 6.07) is 55.3. The zero-order chi connectivity index (χ0) is 36.0. The maximum atomic E-state index is 5.10. The SMILES string of the molecule is CCCCc1ccc2c(c1)c1cc3c4ccccc4n(-c4ccc(-c5nc(-c6ccccc6)nc(-c6ccccc6)n5)cn4)c3cc1n2-c1ccccc1. The first-order chi connectivity index (χ1) is 26.7. The third-order valence-corrected chi connectivity index (χ3v) is 10.4. The van der Waals surface area contributed by atoms with E-state index >= 15 is 0 Å². The Bertz CT molecular complexity index is 2890. The Morgan fingerprint density at radius 3 is 1.69 bits per heavy atom. The van der Waals surface area contributed by atoms with Crippen molar-refractivity contribution in [2.24, 2.45) is 0 Å². The molecule has 10 rings (SSSR count). The van der Waals surface area contributed by atoms with Gasteiger partial charge in [0.2, 0.25) is 0 Å². The summed E-state index contributed by atoms with van der Waals surface area (Å²) in [6.45, 7) is 2.26. The summed E-state index contributed by atoms with van der Waals surface area (Å²) in [5, 5.41) is 4.93. The summed E-state index contributed by atoms with van der Waals surface area (Å²) in [7, 11) is 0. The van der Waals surface area contributed by atoms with Gasteiger partial charge in [-0.1, -0.05) is 116 Å². The Balaban J connectivity index is 1.16. The summed E-state index contributed by atoms with van der Waals surface area (Å²) in [5.41, 5.74) is 9.81. The molecule has 0 aliphatic carbocycles. The number of hydrogen-bond donors (Lipinski definition) is 0. The molecule has 0 amide bonds. The van der Waals surface area contributed by atoms with Crippen LogP contribution in [0.4, 0.5) is 0 Å². The molecule has 0 saturated heterocycles. The van der Waals surface area contributed by atoms with Crippen molar-refractivity contribution in [3.63, 3.8) is 0 Å². The van der Waals surface area contributed by atoms with Gasteiger partial charge < -0.3 is 4.57 Å². The molecule has 4 aromatic heterocycles. The average molecular weight is 697 g/mol. The van der Waals surface area contributed by atoms with Crippen LogP contribution in [0.25, 0.3) is 89.3 Å². The minimum Gasteiger partial charge on any atom is -0.309 e. The quantitative estimate of drug-likeness (QED) is 0.159. The standard InChI is InChI=1S/C48H36N6/c1-2-3-15-32-24-26-42-38(28-32)40-29-39-37-22-13-14-23-41(37)54(44(39)30-43(40)53(42)36-20-11-6-12-21-36)45-27-25-35(31-49-45)48-51-46(33-16-7-4-8-17-33)50-47(52-48)34-18-9-5-10-19-34/h4-14,16-31H,2-3,15H2,1H3. The molecule has 4 heterocycles. The van der Waals surface area contributed by atoms with Crippen LogP contribution in [-0.4, -0.2) is 29.1 Å². The monoisotopic (exact) mass is 696 g/mol. The van der Waals surface area contributed by atoms with Crippen LogP contribution in [-0.2, 0) is 6.42 Å². The fourth-order valence-corrected chi connectivity index (χ4v) is 7.76. The molecule has 0 radical (unpaired) electrons. The summed E-state index contributed by atoms with van der Waals surface area (Å²) < 4.78 is 4.69. The van der Waals surface area contributed by atoms with E-state index in [1.54, 1.807) is 0 Å². The molecular weight excluding hydrogens is 661 g/mol. The summed E-state index contributed by atoms with van der Waals surface area (Å²) >= 11 is 0. The van der Waals surface area contributed by atoms with Crippen LogP contribution in [0, 0.1) is 0 Å². The molecule has 6 nitrogen and oxygen atoms in total. The van der Waals surface area contributed by atoms with Crippen LogP contribution >= 0.6 is 0 Å². The zero-order valence-corrected chi connectivity index (χ0v) is 29.9. The molecule has 0 bridgehead atoms. The number of pyridine rings is 1. The third kappa shape index (κ3) is 5.42. The van der Waals surface area contributed by atoms with Gasteiger partial charge in [0, 0.05) is 50.1 Å². The van der Waals surface area contributed by atoms with Crippen LogP contribution in [0.5, 0.6) is 0 Å². The van der Waals surface area contributed by atoms with E-state index in [1.165, 1.54) is 51.0 Å². The predicted molar refractivity (Wildman–Crippen MR) is 221 cm³/mol. The van der Waals surface area contributed by atoms with Gasteiger partial charge in [-0.05, 0) is 73.0 Å². The second-order valence-electron chi connectivity index (χ2n) is 13.8. The van der Waals surface area contributed by atoms with Gasteiger partial charge in [-0.2, -0.15) is 0 Å². The summed E-state index contributed by atoms with van der Waals surface area (Å²) in [4.78, 5) is 19.8. The minimum atomic E-state index is 0.580. The summed E-state index contributed by atoms with van der Waals surface area (Å²) in [5.74, 6) is 2.66. The lowest BCUT2D eigenvalue weighted by atomic mass is 10.0. The summed E-state index contributed by atoms with van der Waals surface area (Å²) in [6.07, 6.45) is 5.32. The molecule has 258 valence electrons. The van der Waals surface area contributed by atoms with Crippen molar-refractivity contribution < 1.29 is 0 Å². The van der Waals surface area contributed by atoms with Crippen molar-refractivity contribution in [3.05, 3.63) is 169 Å². The van der Waals surface area contributed by atoms with Crippen molar-refractivity contribution >= 4 is 43.6 Å². The first kappa shape index (κ1) is 31.8. The fourth-order valence-electron chi connectivity index (χ4n) is 7.76. The maximum Gasteiger partial charge on any atom is 0.165 e. The van der Waals surface area contributed by atoms with E-state index in [4.69, 9.17) is 19.9 Å². The molecule has 0 atom stereocenters. The van der Waals surface area contributed by atoms with Gasteiger partial charge in [0.05, 0.1) is 22.1 Å². The van der Waals surface area contributed by atoms with Crippen molar-refractivity contribution in [2.45, 2.75) is 26.2 Å². The fraction of sp³-hybridized carbons (Fsp3) is 0.0833. The van der Waals surface area contributed by atoms with Crippen molar-refractivity contribution in [1.82, 2.24) is 29.1 Å². The molecular formula is C48H36N6. The second-order valence-corrected chi connectivity index (χ2v) is 13.8. The highest BCUT2D eigenvalue weighted by Gasteiger charge is 2.20. The molecule has 0 fully saturated rings. The number of rotatable bonds is 8. The van der Waals surface area contributed by atoms with Gasteiger partial charge in [0.1, 0.15) is 5.82 Å². The van der Waals surface area contributed by atoms with E-state index in [0.29, 0.717) is 17.5 Å².